The van der Waals surface area contributed by atoms with Gasteiger partial charge < -0.3 is 19.7 Å². The molecule has 2 aromatic carbocycles. The highest BCUT2D eigenvalue weighted by molar-refractivity contribution is 9.09. The second-order valence-corrected chi connectivity index (χ2v) is 10.7. The Morgan fingerprint density at radius 1 is 1.00 bits per heavy atom. The molecule has 1 atom stereocenters. The third-order valence-electron chi connectivity index (χ3n) is 4.96. The van der Waals surface area contributed by atoms with Crippen molar-refractivity contribution in [1.29, 1.82) is 0 Å². The van der Waals surface area contributed by atoms with Crippen LogP contribution in [-0.2, 0) is 9.53 Å². The van der Waals surface area contributed by atoms with E-state index in [4.69, 9.17) is 9.47 Å². The van der Waals surface area contributed by atoms with Gasteiger partial charge in [-0.05, 0) is 89.1 Å². The van der Waals surface area contributed by atoms with Gasteiger partial charge in [-0.1, -0.05) is 31.9 Å². The molecule has 6 nitrogen and oxygen atoms in total. The number of nitrogens with one attached hydrogen (secondary N) is 1. The summed E-state index contributed by atoms with van der Waals surface area (Å²) < 4.78 is 11.5. The van der Waals surface area contributed by atoms with E-state index in [2.05, 4.69) is 42.1 Å². The van der Waals surface area contributed by atoms with Gasteiger partial charge in [0.15, 0.2) is 0 Å². The fourth-order valence-electron chi connectivity index (χ4n) is 3.39. The summed E-state index contributed by atoms with van der Waals surface area (Å²) in [5, 5.41) is 4.51. The standard InChI is InChI=1S/C26H34Br2N2O4/c1-17-15-20(24(31)29-19(3)25(32)34-26(4,5)6)16-18(2)23(17)33-22-9-7-21(8-10-22)30(13-11-27)14-12-28/h7-10,15-16,19H,11-14H2,1-6H3,(H,29,31)/t19-/m0/s1. The Labute approximate surface area is 219 Å². The molecule has 0 unspecified atom stereocenters. The van der Waals surface area contributed by atoms with Gasteiger partial charge in [0.1, 0.15) is 23.1 Å². The molecule has 34 heavy (non-hydrogen) atoms. The van der Waals surface area contributed by atoms with Gasteiger partial charge in [-0.25, -0.2) is 4.79 Å². The molecule has 0 aromatic heterocycles. The number of nitrogens with zero attached hydrogens (tertiary/aromatic N) is 1. The number of hydrogen-bond acceptors (Lipinski definition) is 5. The fourth-order valence-corrected chi connectivity index (χ4v) is 4.24. The Bertz CT molecular complexity index is 958. The minimum atomic E-state index is -0.754. The molecule has 1 amide bonds. The average Bonchev–Trinajstić information content (AvgIpc) is 2.75. The van der Waals surface area contributed by atoms with E-state index >= 15 is 0 Å². The third kappa shape index (κ3) is 8.31. The number of anilines is 1. The number of hydrogen-bond donors (Lipinski definition) is 1. The maximum Gasteiger partial charge on any atom is 0.328 e. The molecule has 8 heteroatoms. The van der Waals surface area contributed by atoms with Crippen LogP contribution < -0.4 is 15.0 Å². The lowest BCUT2D eigenvalue weighted by molar-refractivity contribution is -0.156. The molecular formula is C26H34Br2N2O4. The first-order valence-electron chi connectivity index (χ1n) is 11.2. The lowest BCUT2D eigenvalue weighted by atomic mass is 10.0. The van der Waals surface area contributed by atoms with Crippen LogP contribution in [0.5, 0.6) is 11.5 Å². The maximum atomic E-state index is 12.7. The van der Waals surface area contributed by atoms with Crippen LogP contribution >= 0.6 is 31.9 Å². The number of carbonyl (C=O) groups is 2. The lowest BCUT2D eigenvalue weighted by Crippen LogP contribution is -2.42. The number of carbonyl (C=O) groups excluding carboxylic acids is 2. The van der Waals surface area contributed by atoms with Gasteiger partial charge in [-0.2, -0.15) is 0 Å². The van der Waals surface area contributed by atoms with E-state index in [0.29, 0.717) is 11.3 Å². The molecule has 0 spiro atoms. The molecule has 0 fully saturated rings. The summed E-state index contributed by atoms with van der Waals surface area (Å²) in [6.45, 7) is 12.6. The second kappa shape index (κ2) is 12.6. The van der Waals surface area contributed by atoms with Crippen LogP contribution in [-0.4, -0.2) is 47.3 Å². The maximum absolute atomic E-state index is 12.7. The second-order valence-electron chi connectivity index (χ2n) is 9.13. The van der Waals surface area contributed by atoms with Gasteiger partial charge >= 0.3 is 5.97 Å². The summed E-state index contributed by atoms with van der Waals surface area (Å²) in [6.07, 6.45) is 0. The van der Waals surface area contributed by atoms with Crippen LogP contribution in [0.4, 0.5) is 5.69 Å². The average molecular weight is 598 g/mol. The molecule has 2 aromatic rings. The van der Waals surface area contributed by atoms with Crippen LogP contribution in [0.25, 0.3) is 0 Å². The first-order valence-corrected chi connectivity index (χ1v) is 13.5. The third-order valence-corrected chi connectivity index (χ3v) is 5.67. The zero-order valence-corrected chi connectivity index (χ0v) is 23.9. The molecule has 0 heterocycles. The molecule has 0 aliphatic carbocycles. The normalized spacial score (nSPS) is 12.1. The summed E-state index contributed by atoms with van der Waals surface area (Å²) in [4.78, 5) is 27.2. The highest BCUT2D eigenvalue weighted by atomic mass is 79.9. The predicted octanol–water partition coefficient (Wildman–Crippen LogP) is 6.15. The zero-order valence-electron chi connectivity index (χ0n) is 20.7. The Hall–Kier alpha value is -2.06. The summed E-state index contributed by atoms with van der Waals surface area (Å²) in [5.74, 6) is 0.633. The van der Waals surface area contributed by atoms with E-state index in [9.17, 15) is 9.59 Å². The summed E-state index contributed by atoms with van der Waals surface area (Å²) >= 11 is 7.01. The molecule has 1 N–H and O–H groups in total. The SMILES string of the molecule is Cc1cc(C(=O)N[C@@H](C)C(=O)OC(C)(C)C)cc(C)c1Oc1ccc(N(CCBr)CCBr)cc1. The van der Waals surface area contributed by atoms with Crippen molar-refractivity contribution in [2.45, 2.75) is 53.2 Å². The number of aryl methyl sites for hydroxylation is 2. The minimum Gasteiger partial charge on any atom is -0.458 e. The van der Waals surface area contributed by atoms with E-state index in [1.165, 1.54) is 0 Å². The number of halogens is 2. The number of alkyl halides is 2. The van der Waals surface area contributed by atoms with Crippen molar-refractivity contribution in [2.75, 3.05) is 28.6 Å². The van der Waals surface area contributed by atoms with Gasteiger partial charge in [0, 0.05) is 35.0 Å². The largest absolute Gasteiger partial charge is 0.458 e. The monoisotopic (exact) mass is 596 g/mol. The highest BCUT2D eigenvalue weighted by Gasteiger charge is 2.24. The predicted molar refractivity (Wildman–Crippen MR) is 145 cm³/mol. The van der Waals surface area contributed by atoms with Crippen LogP contribution in [0.1, 0.15) is 49.2 Å². The summed E-state index contributed by atoms with van der Waals surface area (Å²) in [5.41, 5.74) is 2.65. The molecule has 0 radical (unpaired) electrons. The number of ether oxygens (including phenoxy) is 2. The first-order chi connectivity index (χ1) is 15.9. The molecule has 0 aliphatic heterocycles. The molecule has 0 saturated heterocycles. The Balaban J connectivity index is 2.12. The van der Waals surface area contributed by atoms with Gasteiger partial charge in [0.2, 0.25) is 0 Å². The summed E-state index contributed by atoms with van der Waals surface area (Å²) in [7, 11) is 0. The molecule has 0 aliphatic rings. The van der Waals surface area contributed by atoms with E-state index in [-0.39, 0.29) is 5.91 Å². The van der Waals surface area contributed by atoms with Gasteiger partial charge in [0.25, 0.3) is 5.91 Å². The Morgan fingerprint density at radius 3 is 2.00 bits per heavy atom. The molecule has 0 bridgehead atoms. The van der Waals surface area contributed by atoms with Crippen molar-refractivity contribution in [3.63, 3.8) is 0 Å². The zero-order chi connectivity index (χ0) is 25.5. The molecular weight excluding hydrogens is 564 g/mol. The minimum absolute atomic E-state index is 0.334. The smallest absolute Gasteiger partial charge is 0.328 e. The first kappa shape index (κ1) is 28.2. The van der Waals surface area contributed by atoms with Crippen molar-refractivity contribution in [2.24, 2.45) is 0 Å². The van der Waals surface area contributed by atoms with E-state index in [1.54, 1.807) is 39.8 Å². The summed E-state index contributed by atoms with van der Waals surface area (Å²) in [6, 6.07) is 10.8. The molecule has 0 saturated carbocycles. The van der Waals surface area contributed by atoms with Crippen molar-refractivity contribution < 1.29 is 19.1 Å². The Morgan fingerprint density at radius 2 is 1.53 bits per heavy atom. The molecule has 186 valence electrons. The number of esters is 1. The van der Waals surface area contributed by atoms with Crippen molar-refractivity contribution >= 4 is 49.4 Å². The van der Waals surface area contributed by atoms with E-state index < -0.39 is 17.6 Å². The quantitative estimate of drug-likeness (QED) is 0.263. The van der Waals surface area contributed by atoms with Crippen molar-refractivity contribution in [3.8, 4) is 11.5 Å². The van der Waals surface area contributed by atoms with Crippen LogP contribution in [0.15, 0.2) is 36.4 Å². The van der Waals surface area contributed by atoms with Gasteiger partial charge in [0.05, 0.1) is 0 Å². The van der Waals surface area contributed by atoms with Crippen LogP contribution in [0, 0.1) is 13.8 Å². The van der Waals surface area contributed by atoms with Crippen molar-refractivity contribution in [3.05, 3.63) is 53.1 Å². The number of amides is 1. The molecule has 2 rings (SSSR count). The van der Waals surface area contributed by atoms with Crippen molar-refractivity contribution in [1.82, 2.24) is 5.32 Å². The topological polar surface area (TPSA) is 67.9 Å². The van der Waals surface area contributed by atoms with Crippen LogP contribution in [0.3, 0.4) is 0 Å². The fraction of sp³-hybridized carbons (Fsp3) is 0.462. The highest BCUT2D eigenvalue weighted by Crippen LogP contribution is 2.31. The van der Waals surface area contributed by atoms with Crippen LogP contribution in [0.2, 0.25) is 0 Å². The van der Waals surface area contributed by atoms with E-state index in [1.807, 2.05) is 38.1 Å². The van der Waals surface area contributed by atoms with Gasteiger partial charge in [-0.15, -0.1) is 0 Å². The lowest BCUT2D eigenvalue weighted by Gasteiger charge is -2.23. The Kier molecular flexibility index (Phi) is 10.4. The van der Waals surface area contributed by atoms with E-state index in [0.717, 1.165) is 46.3 Å². The number of rotatable bonds is 10. The van der Waals surface area contributed by atoms with Gasteiger partial charge in [-0.3, -0.25) is 4.79 Å². The number of benzene rings is 2.